The Balaban J connectivity index is 4.67. The summed E-state index contributed by atoms with van der Waals surface area (Å²) < 4.78 is 0. The van der Waals surface area contributed by atoms with Crippen molar-refractivity contribution >= 4 is 5.71 Å². The molecule has 0 aromatic carbocycles. The molecule has 2 N–H and O–H groups in total. The molecule has 0 amide bonds. The fraction of sp³-hybridized carbons (Fsp3) is 0.500. The van der Waals surface area contributed by atoms with Gasteiger partial charge in [0.1, 0.15) is 0 Å². The van der Waals surface area contributed by atoms with Gasteiger partial charge < -0.3 is 5.73 Å². The van der Waals surface area contributed by atoms with Crippen LogP contribution in [0.2, 0.25) is 0 Å². The molecule has 68 valence electrons. The van der Waals surface area contributed by atoms with E-state index in [0.29, 0.717) is 0 Å². The minimum absolute atomic E-state index is 0.0510. The molecular formula is C10H18N2. The Hall–Kier alpha value is -1.05. The van der Waals surface area contributed by atoms with Gasteiger partial charge in [0.15, 0.2) is 0 Å². The van der Waals surface area contributed by atoms with Gasteiger partial charge in [0.25, 0.3) is 0 Å². The maximum absolute atomic E-state index is 5.31. The van der Waals surface area contributed by atoms with Crippen LogP contribution in [0.3, 0.4) is 0 Å². The third-order valence-corrected chi connectivity index (χ3v) is 1.39. The average molecular weight is 166 g/mol. The van der Waals surface area contributed by atoms with Crippen LogP contribution in [0.15, 0.2) is 29.5 Å². The summed E-state index contributed by atoms with van der Waals surface area (Å²) in [6.07, 6.45) is 7.03. The molecule has 0 aliphatic carbocycles. The highest BCUT2D eigenvalue weighted by atomic mass is 14.7. The zero-order valence-corrected chi connectivity index (χ0v) is 8.33. The van der Waals surface area contributed by atoms with Crippen molar-refractivity contribution < 1.29 is 0 Å². The number of hydrogen-bond donors (Lipinski definition) is 1. The van der Waals surface area contributed by atoms with Crippen LogP contribution in [-0.4, -0.2) is 5.71 Å². The molecule has 0 atom stereocenters. The van der Waals surface area contributed by atoms with Crippen molar-refractivity contribution in [1.82, 2.24) is 0 Å². The third-order valence-electron chi connectivity index (χ3n) is 1.39. The first kappa shape index (κ1) is 11.0. The summed E-state index contributed by atoms with van der Waals surface area (Å²) in [5.74, 6) is 0. The lowest BCUT2D eigenvalue weighted by Gasteiger charge is -2.17. The predicted octanol–water partition coefficient (Wildman–Crippen LogP) is 2.48. The van der Waals surface area contributed by atoms with E-state index in [1.54, 1.807) is 6.20 Å². The van der Waals surface area contributed by atoms with Crippen molar-refractivity contribution in [3.8, 4) is 0 Å². The van der Waals surface area contributed by atoms with E-state index >= 15 is 0 Å². The molecule has 0 unspecified atom stereocenters. The molecule has 12 heavy (non-hydrogen) atoms. The second-order valence-corrected chi connectivity index (χ2v) is 3.61. The number of rotatable bonds is 2. The first-order valence-corrected chi connectivity index (χ1v) is 4.10. The average Bonchev–Trinajstić information content (AvgIpc) is 1.95. The highest BCUT2D eigenvalue weighted by molar-refractivity contribution is 5.99. The van der Waals surface area contributed by atoms with Gasteiger partial charge in [-0.05, 0) is 19.2 Å². The highest BCUT2D eigenvalue weighted by Crippen LogP contribution is 2.16. The van der Waals surface area contributed by atoms with Crippen LogP contribution < -0.4 is 5.73 Å². The van der Waals surface area contributed by atoms with Crippen LogP contribution in [-0.2, 0) is 0 Å². The van der Waals surface area contributed by atoms with E-state index in [4.69, 9.17) is 5.73 Å². The Labute approximate surface area is 74.9 Å². The summed E-state index contributed by atoms with van der Waals surface area (Å²) >= 11 is 0. The van der Waals surface area contributed by atoms with Crippen molar-refractivity contribution in [3.63, 3.8) is 0 Å². The SMILES string of the molecule is C\C=C/N=C(\C=C/N)C(C)(C)C. The van der Waals surface area contributed by atoms with Gasteiger partial charge in [-0.2, -0.15) is 0 Å². The van der Waals surface area contributed by atoms with Crippen LogP contribution in [0.5, 0.6) is 0 Å². The predicted molar refractivity (Wildman–Crippen MR) is 55.0 cm³/mol. The maximum atomic E-state index is 5.31. The summed E-state index contributed by atoms with van der Waals surface area (Å²) in [4.78, 5) is 4.27. The topological polar surface area (TPSA) is 38.4 Å². The van der Waals surface area contributed by atoms with Gasteiger partial charge in [-0.15, -0.1) is 0 Å². The van der Waals surface area contributed by atoms with Gasteiger partial charge in [0.2, 0.25) is 0 Å². The van der Waals surface area contributed by atoms with E-state index in [0.717, 1.165) is 5.71 Å². The molecule has 0 fully saturated rings. The zero-order chi connectivity index (χ0) is 9.61. The van der Waals surface area contributed by atoms with Crippen LogP contribution in [0, 0.1) is 5.41 Å². The van der Waals surface area contributed by atoms with E-state index < -0.39 is 0 Å². The summed E-state index contributed by atoms with van der Waals surface area (Å²) in [6.45, 7) is 8.26. The van der Waals surface area contributed by atoms with Crippen molar-refractivity contribution in [2.75, 3.05) is 0 Å². The Morgan fingerprint density at radius 1 is 1.33 bits per heavy atom. The molecular weight excluding hydrogens is 148 g/mol. The Kier molecular flexibility index (Phi) is 4.34. The molecule has 0 radical (unpaired) electrons. The molecule has 0 aliphatic heterocycles. The van der Waals surface area contributed by atoms with Gasteiger partial charge in [-0.3, -0.25) is 4.99 Å². The first-order valence-electron chi connectivity index (χ1n) is 4.10. The molecule has 0 saturated heterocycles. The Morgan fingerprint density at radius 3 is 2.25 bits per heavy atom. The lowest BCUT2D eigenvalue weighted by atomic mass is 9.90. The van der Waals surface area contributed by atoms with Crippen molar-refractivity contribution in [2.24, 2.45) is 16.1 Å². The quantitative estimate of drug-likeness (QED) is 0.629. The lowest BCUT2D eigenvalue weighted by Crippen LogP contribution is -2.18. The maximum Gasteiger partial charge on any atom is 0.0471 e. The molecule has 0 aromatic heterocycles. The third kappa shape index (κ3) is 3.96. The van der Waals surface area contributed by atoms with Gasteiger partial charge >= 0.3 is 0 Å². The molecule has 2 heteroatoms. The second-order valence-electron chi connectivity index (χ2n) is 3.61. The van der Waals surface area contributed by atoms with Crippen molar-refractivity contribution in [2.45, 2.75) is 27.7 Å². The smallest absolute Gasteiger partial charge is 0.0471 e. The van der Waals surface area contributed by atoms with Gasteiger partial charge in [-0.1, -0.05) is 26.8 Å². The minimum atomic E-state index is 0.0510. The summed E-state index contributed by atoms with van der Waals surface area (Å²) in [5, 5.41) is 0. The summed E-state index contributed by atoms with van der Waals surface area (Å²) in [7, 11) is 0. The number of hydrogen-bond acceptors (Lipinski definition) is 2. The molecule has 0 rings (SSSR count). The van der Waals surface area contributed by atoms with Crippen molar-refractivity contribution in [3.05, 3.63) is 24.6 Å². The highest BCUT2D eigenvalue weighted by Gasteiger charge is 2.15. The largest absolute Gasteiger partial charge is 0.405 e. The van der Waals surface area contributed by atoms with Crippen LogP contribution in [0.4, 0.5) is 0 Å². The number of aliphatic imine (C=N–C) groups is 1. The molecule has 0 aromatic rings. The van der Waals surface area contributed by atoms with Crippen molar-refractivity contribution in [1.29, 1.82) is 0 Å². The molecule has 0 saturated carbocycles. The molecule has 0 bridgehead atoms. The fourth-order valence-corrected chi connectivity index (χ4v) is 0.733. The number of nitrogens with zero attached hydrogens (tertiary/aromatic N) is 1. The van der Waals surface area contributed by atoms with E-state index in [-0.39, 0.29) is 5.41 Å². The van der Waals surface area contributed by atoms with E-state index in [1.165, 1.54) is 6.20 Å². The van der Waals surface area contributed by atoms with Crippen LogP contribution in [0.25, 0.3) is 0 Å². The molecule has 0 heterocycles. The molecule has 2 nitrogen and oxygen atoms in total. The molecule has 0 spiro atoms. The van der Waals surface area contributed by atoms with Crippen LogP contribution in [0.1, 0.15) is 27.7 Å². The van der Waals surface area contributed by atoms with E-state index in [9.17, 15) is 0 Å². The lowest BCUT2D eigenvalue weighted by molar-refractivity contribution is 0.594. The van der Waals surface area contributed by atoms with Crippen LogP contribution >= 0.6 is 0 Å². The first-order chi connectivity index (χ1) is 5.52. The summed E-state index contributed by atoms with van der Waals surface area (Å²) in [6, 6.07) is 0. The minimum Gasteiger partial charge on any atom is -0.405 e. The zero-order valence-electron chi connectivity index (χ0n) is 8.33. The van der Waals surface area contributed by atoms with E-state index in [2.05, 4.69) is 25.8 Å². The Bertz CT molecular complexity index is 204. The Morgan fingerprint density at radius 2 is 1.92 bits per heavy atom. The monoisotopic (exact) mass is 166 g/mol. The molecule has 0 aliphatic rings. The number of allylic oxidation sites excluding steroid dienone is 2. The normalized spacial score (nSPS) is 14.8. The number of nitrogens with two attached hydrogens (primary N) is 1. The fourth-order valence-electron chi connectivity index (χ4n) is 0.733. The summed E-state index contributed by atoms with van der Waals surface area (Å²) in [5.41, 5.74) is 6.35. The second kappa shape index (κ2) is 4.75. The van der Waals surface area contributed by atoms with E-state index in [1.807, 2.05) is 19.1 Å². The van der Waals surface area contributed by atoms with Gasteiger partial charge in [0, 0.05) is 17.3 Å². The standard InChI is InChI=1S/C10H18N2/c1-5-8-12-9(6-7-11)10(2,3)4/h5-8H,11H2,1-4H3/b7-6-,8-5-,12-9+. The van der Waals surface area contributed by atoms with Gasteiger partial charge in [-0.25, -0.2) is 0 Å². The van der Waals surface area contributed by atoms with Gasteiger partial charge in [0.05, 0.1) is 0 Å².